The SMILES string of the molecule is C[C]=Nc1c(Br)cc(C)cc1Br. The Morgan fingerprint density at radius 2 is 1.75 bits per heavy atom. The topological polar surface area (TPSA) is 12.4 Å². The van der Waals surface area contributed by atoms with E-state index >= 15 is 0 Å². The number of hydrogen-bond donors (Lipinski definition) is 0. The van der Waals surface area contributed by atoms with E-state index in [0.29, 0.717) is 0 Å². The van der Waals surface area contributed by atoms with Gasteiger partial charge in [0, 0.05) is 8.95 Å². The molecule has 0 amide bonds. The number of halogens is 2. The van der Waals surface area contributed by atoms with Crippen molar-refractivity contribution < 1.29 is 0 Å². The first-order chi connectivity index (χ1) is 5.65. The minimum atomic E-state index is 0.892. The number of aliphatic imine (C=N–C) groups is 1. The van der Waals surface area contributed by atoms with Crippen molar-refractivity contribution in [2.45, 2.75) is 13.8 Å². The van der Waals surface area contributed by atoms with Crippen molar-refractivity contribution in [3.05, 3.63) is 26.6 Å². The molecule has 0 saturated heterocycles. The highest BCUT2D eigenvalue weighted by Gasteiger charge is 2.03. The second kappa shape index (κ2) is 4.19. The lowest BCUT2D eigenvalue weighted by Crippen LogP contribution is -1.76. The van der Waals surface area contributed by atoms with E-state index < -0.39 is 0 Å². The van der Waals surface area contributed by atoms with Crippen molar-refractivity contribution in [1.29, 1.82) is 0 Å². The lowest BCUT2D eigenvalue weighted by Gasteiger charge is -2.02. The van der Waals surface area contributed by atoms with E-state index in [2.05, 4.69) is 43.1 Å². The van der Waals surface area contributed by atoms with Crippen molar-refractivity contribution in [2.75, 3.05) is 0 Å². The lowest BCUT2D eigenvalue weighted by atomic mass is 10.2. The van der Waals surface area contributed by atoms with Crippen molar-refractivity contribution in [3.63, 3.8) is 0 Å². The fourth-order valence-electron chi connectivity index (χ4n) is 0.911. The van der Waals surface area contributed by atoms with E-state index in [1.165, 1.54) is 5.56 Å². The zero-order valence-corrected chi connectivity index (χ0v) is 10.0. The molecule has 0 aliphatic carbocycles. The van der Waals surface area contributed by atoms with Gasteiger partial charge in [0.15, 0.2) is 0 Å². The van der Waals surface area contributed by atoms with Gasteiger partial charge in [0.25, 0.3) is 0 Å². The van der Waals surface area contributed by atoms with Crippen LogP contribution < -0.4 is 0 Å². The highest BCUT2D eigenvalue weighted by atomic mass is 79.9. The summed E-state index contributed by atoms with van der Waals surface area (Å²) in [5, 5.41) is 0. The summed E-state index contributed by atoms with van der Waals surface area (Å²) >= 11 is 6.87. The second-order valence-corrected chi connectivity index (χ2v) is 4.12. The van der Waals surface area contributed by atoms with Crippen molar-refractivity contribution in [2.24, 2.45) is 4.99 Å². The summed E-state index contributed by atoms with van der Waals surface area (Å²) in [5.74, 6) is 0. The van der Waals surface area contributed by atoms with Crippen LogP contribution in [0.2, 0.25) is 0 Å². The Morgan fingerprint density at radius 3 is 2.17 bits per heavy atom. The Bertz CT molecular complexity index is 295. The number of nitrogens with zero attached hydrogens (tertiary/aromatic N) is 1. The Hall–Kier alpha value is -0.150. The maximum absolute atomic E-state index is 4.10. The van der Waals surface area contributed by atoms with Crippen LogP contribution >= 0.6 is 31.9 Å². The van der Waals surface area contributed by atoms with Crippen LogP contribution in [0.5, 0.6) is 0 Å². The van der Waals surface area contributed by atoms with Gasteiger partial charge in [-0.3, -0.25) is 0 Å². The second-order valence-electron chi connectivity index (χ2n) is 2.41. The fraction of sp³-hybridized carbons (Fsp3) is 0.222. The van der Waals surface area contributed by atoms with Crippen LogP contribution in [0.15, 0.2) is 26.1 Å². The van der Waals surface area contributed by atoms with Gasteiger partial charge in [-0.2, -0.15) is 0 Å². The molecule has 0 saturated carbocycles. The number of hydrogen-bond acceptors (Lipinski definition) is 1. The third-order valence-corrected chi connectivity index (χ3v) is 2.59. The molecule has 0 spiro atoms. The van der Waals surface area contributed by atoms with E-state index in [0.717, 1.165) is 14.6 Å². The lowest BCUT2D eigenvalue weighted by molar-refractivity contribution is 1.39. The molecule has 1 nitrogen and oxygen atoms in total. The van der Waals surface area contributed by atoms with Gasteiger partial charge >= 0.3 is 0 Å². The molecule has 1 aromatic rings. The minimum Gasteiger partial charge on any atom is -0.249 e. The van der Waals surface area contributed by atoms with E-state index in [9.17, 15) is 0 Å². The summed E-state index contributed by atoms with van der Waals surface area (Å²) < 4.78 is 1.98. The Labute approximate surface area is 89.2 Å². The summed E-state index contributed by atoms with van der Waals surface area (Å²) in [5.41, 5.74) is 2.09. The van der Waals surface area contributed by atoms with Crippen LogP contribution in [-0.4, -0.2) is 6.21 Å². The van der Waals surface area contributed by atoms with Gasteiger partial charge in [0.05, 0.1) is 11.9 Å². The first kappa shape index (κ1) is 9.93. The van der Waals surface area contributed by atoms with Gasteiger partial charge in [-0.15, -0.1) is 0 Å². The van der Waals surface area contributed by atoms with Crippen LogP contribution in [0.3, 0.4) is 0 Å². The van der Waals surface area contributed by atoms with Crippen LogP contribution in [0, 0.1) is 6.92 Å². The van der Waals surface area contributed by atoms with Crippen LogP contribution in [0.1, 0.15) is 12.5 Å². The van der Waals surface area contributed by atoms with Gasteiger partial charge in [-0.1, -0.05) is 0 Å². The molecule has 0 unspecified atom stereocenters. The van der Waals surface area contributed by atoms with E-state index in [1.807, 2.05) is 19.1 Å². The Kier molecular flexibility index (Phi) is 3.47. The number of benzene rings is 1. The molecule has 0 fully saturated rings. The first-order valence-electron chi connectivity index (χ1n) is 3.48. The molecule has 12 heavy (non-hydrogen) atoms. The van der Waals surface area contributed by atoms with E-state index in [4.69, 9.17) is 0 Å². The predicted molar refractivity (Wildman–Crippen MR) is 59.3 cm³/mol. The van der Waals surface area contributed by atoms with E-state index in [-0.39, 0.29) is 0 Å². The molecule has 0 N–H and O–H groups in total. The highest BCUT2D eigenvalue weighted by Crippen LogP contribution is 2.34. The van der Waals surface area contributed by atoms with Crippen molar-refractivity contribution in [3.8, 4) is 0 Å². The Balaban J connectivity index is 3.28. The fourth-order valence-corrected chi connectivity index (χ4v) is 2.50. The number of rotatable bonds is 1. The average molecular weight is 290 g/mol. The van der Waals surface area contributed by atoms with E-state index in [1.54, 1.807) is 6.92 Å². The molecule has 3 heteroatoms. The third kappa shape index (κ3) is 2.17. The van der Waals surface area contributed by atoms with Crippen molar-refractivity contribution in [1.82, 2.24) is 0 Å². The van der Waals surface area contributed by atoms with Gasteiger partial charge in [-0.25, -0.2) is 4.99 Å². The smallest absolute Gasteiger partial charge is 0.0917 e. The minimum absolute atomic E-state index is 0.892. The normalized spacial score (nSPS) is 11.0. The quantitative estimate of drug-likeness (QED) is 0.690. The summed E-state index contributed by atoms with van der Waals surface area (Å²) in [6, 6.07) is 4.06. The van der Waals surface area contributed by atoms with Gasteiger partial charge < -0.3 is 0 Å². The Morgan fingerprint density at radius 1 is 1.25 bits per heavy atom. The number of aryl methyl sites for hydroxylation is 1. The standard InChI is InChI=1S/C9H8Br2N/c1-3-12-9-7(10)4-6(2)5-8(9)11/h4-5H,1-2H3. The van der Waals surface area contributed by atoms with Gasteiger partial charge in [0.1, 0.15) is 0 Å². The molecule has 0 aliphatic heterocycles. The van der Waals surface area contributed by atoms with Crippen molar-refractivity contribution >= 4 is 43.8 Å². The molecule has 0 atom stereocenters. The molecule has 0 aromatic heterocycles. The largest absolute Gasteiger partial charge is 0.249 e. The summed E-state index contributed by atoms with van der Waals surface area (Å²) in [7, 11) is 0. The van der Waals surface area contributed by atoms with Crippen LogP contribution in [0.25, 0.3) is 0 Å². The summed E-state index contributed by atoms with van der Waals surface area (Å²) in [6.45, 7) is 3.82. The predicted octanol–water partition coefficient (Wildman–Crippen LogP) is 4.12. The zero-order valence-electron chi connectivity index (χ0n) is 6.86. The molecule has 63 valence electrons. The molecular weight excluding hydrogens is 282 g/mol. The summed E-state index contributed by atoms with van der Waals surface area (Å²) in [4.78, 5) is 4.10. The molecule has 1 rings (SSSR count). The maximum Gasteiger partial charge on any atom is 0.0917 e. The average Bonchev–Trinajstić information content (AvgIpc) is 1.96. The monoisotopic (exact) mass is 288 g/mol. The summed E-state index contributed by atoms with van der Waals surface area (Å²) in [6.07, 6.45) is 2.75. The molecule has 0 aliphatic rings. The van der Waals surface area contributed by atoms with Gasteiger partial charge in [0.2, 0.25) is 0 Å². The van der Waals surface area contributed by atoms with Crippen LogP contribution in [0.4, 0.5) is 5.69 Å². The molecule has 1 radical (unpaired) electrons. The highest BCUT2D eigenvalue weighted by molar-refractivity contribution is 9.11. The van der Waals surface area contributed by atoms with Gasteiger partial charge in [-0.05, 0) is 63.4 Å². The third-order valence-electron chi connectivity index (χ3n) is 1.38. The van der Waals surface area contributed by atoms with Crippen LogP contribution in [-0.2, 0) is 0 Å². The molecular formula is C9H8Br2N. The maximum atomic E-state index is 4.10. The molecule has 0 bridgehead atoms. The first-order valence-corrected chi connectivity index (χ1v) is 5.07. The zero-order chi connectivity index (χ0) is 9.14. The molecule has 0 heterocycles. The molecule has 1 aromatic carbocycles.